The second-order valence-corrected chi connectivity index (χ2v) is 10.9. The Bertz CT molecular complexity index is 438. The third kappa shape index (κ3) is 2.63. The summed E-state index contributed by atoms with van der Waals surface area (Å²) in [4.78, 5) is 0. The summed E-state index contributed by atoms with van der Waals surface area (Å²) < 4.78 is 1.70. The fourth-order valence-electron chi connectivity index (χ4n) is 2.50. The van der Waals surface area contributed by atoms with Gasteiger partial charge in [-0.3, -0.25) is 0 Å². The van der Waals surface area contributed by atoms with Crippen molar-refractivity contribution in [3.05, 3.63) is 40.4 Å². The molecule has 2 rings (SSSR count). The number of rotatable bonds is 5. The first-order valence-electron chi connectivity index (χ1n) is 6.60. The number of thiophene rings is 1. The van der Waals surface area contributed by atoms with Crippen LogP contribution in [-0.4, -0.2) is 8.07 Å². The van der Waals surface area contributed by atoms with Gasteiger partial charge >= 0.3 is 0 Å². The number of allylic oxidation sites excluding steroid dienone is 4. The fourth-order valence-corrected chi connectivity index (χ4v) is 7.36. The van der Waals surface area contributed by atoms with Crippen LogP contribution in [0.4, 0.5) is 0 Å². The third-order valence-corrected chi connectivity index (χ3v) is 9.53. The lowest BCUT2D eigenvalue weighted by Crippen LogP contribution is -2.43. The van der Waals surface area contributed by atoms with Crippen molar-refractivity contribution in [3.63, 3.8) is 0 Å². The molecule has 0 radical (unpaired) electrons. The molecule has 0 aliphatic heterocycles. The van der Waals surface area contributed by atoms with E-state index in [1.165, 1.54) is 19.3 Å². The predicted molar refractivity (Wildman–Crippen MR) is 81.9 cm³/mol. The summed E-state index contributed by atoms with van der Waals surface area (Å²) in [6, 6.07) is 2.35. The van der Waals surface area contributed by atoms with Crippen molar-refractivity contribution in [3.8, 4) is 0 Å². The monoisotopic (exact) mass is 262 g/mol. The Morgan fingerprint density at radius 3 is 2.82 bits per heavy atom. The lowest BCUT2D eigenvalue weighted by Gasteiger charge is -2.23. The third-order valence-electron chi connectivity index (χ3n) is 3.61. The van der Waals surface area contributed by atoms with E-state index in [1.807, 2.05) is 11.3 Å². The molecule has 17 heavy (non-hydrogen) atoms. The van der Waals surface area contributed by atoms with Crippen LogP contribution in [0, 0.1) is 0 Å². The van der Waals surface area contributed by atoms with Crippen molar-refractivity contribution in [1.82, 2.24) is 0 Å². The summed E-state index contributed by atoms with van der Waals surface area (Å²) in [6.07, 6.45) is 12.1. The first-order valence-corrected chi connectivity index (χ1v) is 10.5. The van der Waals surface area contributed by atoms with E-state index in [-0.39, 0.29) is 0 Å². The highest BCUT2D eigenvalue weighted by Gasteiger charge is 2.31. The quantitative estimate of drug-likeness (QED) is 0.689. The summed E-state index contributed by atoms with van der Waals surface area (Å²) in [5.41, 5.74) is 1.62. The minimum atomic E-state index is -1.40. The van der Waals surface area contributed by atoms with Gasteiger partial charge in [0, 0.05) is 0 Å². The smallest absolute Gasteiger partial charge is 0.124 e. The summed E-state index contributed by atoms with van der Waals surface area (Å²) in [6.45, 7) is 7.27. The molecule has 1 aliphatic rings. The molecule has 0 bridgehead atoms. The average Bonchev–Trinajstić information content (AvgIpc) is 2.97. The van der Waals surface area contributed by atoms with Gasteiger partial charge < -0.3 is 0 Å². The highest BCUT2D eigenvalue weighted by atomic mass is 32.1. The fraction of sp³-hybridized carbons (Fsp3) is 0.467. The summed E-state index contributed by atoms with van der Waals surface area (Å²) in [5.74, 6) is 0. The van der Waals surface area contributed by atoms with Gasteiger partial charge in [0.15, 0.2) is 0 Å². The molecule has 0 nitrogen and oxygen atoms in total. The van der Waals surface area contributed by atoms with E-state index < -0.39 is 8.07 Å². The Morgan fingerprint density at radius 1 is 1.35 bits per heavy atom. The minimum Gasteiger partial charge on any atom is -0.153 e. The maximum absolute atomic E-state index is 2.50. The largest absolute Gasteiger partial charge is 0.153 e. The molecular formula is C15H22SSi. The molecule has 1 aliphatic carbocycles. The SMILES string of the molecule is CCCCc1ccsc1[Si](C)(C)C1=CCC=C1. The molecule has 0 unspecified atom stereocenters. The molecule has 1 aromatic heterocycles. The second kappa shape index (κ2) is 5.36. The number of aryl methyl sites for hydroxylation is 1. The molecule has 0 spiro atoms. The molecule has 0 N–H and O–H groups in total. The molecular weight excluding hydrogens is 240 g/mol. The molecule has 1 aromatic rings. The molecule has 1 heterocycles. The van der Waals surface area contributed by atoms with E-state index in [9.17, 15) is 0 Å². The van der Waals surface area contributed by atoms with Gasteiger partial charge in [-0.15, -0.1) is 0 Å². The zero-order valence-electron chi connectivity index (χ0n) is 11.1. The Labute approximate surface area is 110 Å². The van der Waals surface area contributed by atoms with Gasteiger partial charge in [0.2, 0.25) is 0 Å². The number of hydrogen-bond donors (Lipinski definition) is 0. The van der Waals surface area contributed by atoms with Crippen LogP contribution in [0.15, 0.2) is 34.9 Å². The van der Waals surface area contributed by atoms with Crippen LogP contribution >= 0.6 is 11.3 Å². The van der Waals surface area contributed by atoms with E-state index in [4.69, 9.17) is 0 Å². The minimum absolute atomic E-state index is 1.14. The summed E-state index contributed by atoms with van der Waals surface area (Å²) in [7, 11) is -1.40. The number of unbranched alkanes of at least 4 members (excludes halogenated alkanes) is 1. The van der Waals surface area contributed by atoms with E-state index in [2.05, 4.69) is 49.7 Å². The Hall–Kier alpha value is -0.603. The Kier molecular flexibility index (Phi) is 4.05. The second-order valence-electron chi connectivity index (χ2n) is 5.30. The maximum Gasteiger partial charge on any atom is 0.124 e. The summed E-state index contributed by atoms with van der Waals surface area (Å²) in [5, 5.41) is 3.91. The van der Waals surface area contributed by atoms with Crippen molar-refractivity contribution in [2.75, 3.05) is 0 Å². The van der Waals surface area contributed by atoms with Crippen molar-refractivity contribution < 1.29 is 0 Å². The van der Waals surface area contributed by atoms with Gasteiger partial charge in [-0.05, 0) is 40.8 Å². The molecule has 0 saturated carbocycles. The van der Waals surface area contributed by atoms with E-state index >= 15 is 0 Å². The van der Waals surface area contributed by atoms with Crippen molar-refractivity contribution in [2.24, 2.45) is 0 Å². The van der Waals surface area contributed by atoms with E-state index in [0.717, 1.165) is 6.42 Å². The first kappa shape index (κ1) is 12.8. The maximum atomic E-state index is 2.50. The Balaban J connectivity index is 2.26. The van der Waals surface area contributed by atoms with E-state index in [1.54, 1.807) is 15.3 Å². The van der Waals surface area contributed by atoms with Gasteiger partial charge in [-0.2, -0.15) is 11.3 Å². The predicted octanol–water partition coefficient (Wildman–Crippen LogP) is 4.43. The van der Waals surface area contributed by atoms with E-state index in [0.29, 0.717) is 0 Å². The van der Waals surface area contributed by atoms with Crippen LogP contribution in [0.3, 0.4) is 0 Å². The van der Waals surface area contributed by atoms with Crippen LogP contribution in [-0.2, 0) is 6.42 Å². The normalized spacial score (nSPS) is 15.4. The lowest BCUT2D eigenvalue weighted by atomic mass is 10.2. The standard InChI is InChI=1S/C15H22SSi/c1-4-5-8-13-11-12-16-15(13)17(2,3)14-9-6-7-10-14/h6,9-12H,4-5,7-8H2,1-3H3. The van der Waals surface area contributed by atoms with Crippen molar-refractivity contribution >= 4 is 23.9 Å². The van der Waals surface area contributed by atoms with Gasteiger partial charge in [0.05, 0.1) is 0 Å². The van der Waals surface area contributed by atoms with Crippen LogP contribution in [0.25, 0.3) is 0 Å². The molecule has 0 amide bonds. The van der Waals surface area contributed by atoms with Gasteiger partial charge in [0.25, 0.3) is 0 Å². The van der Waals surface area contributed by atoms with Crippen LogP contribution < -0.4 is 4.50 Å². The van der Waals surface area contributed by atoms with Crippen LogP contribution in [0.1, 0.15) is 31.7 Å². The average molecular weight is 262 g/mol. The molecule has 0 atom stereocenters. The summed E-state index contributed by atoms with van der Waals surface area (Å²) >= 11 is 1.98. The van der Waals surface area contributed by atoms with Gasteiger partial charge in [-0.1, -0.05) is 49.9 Å². The topological polar surface area (TPSA) is 0 Å². The Morgan fingerprint density at radius 2 is 2.18 bits per heavy atom. The van der Waals surface area contributed by atoms with Crippen molar-refractivity contribution in [1.29, 1.82) is 0 Å². The van der Waals surface area contributed by atoms with Gasteiger partial charge in [0.1, 0.15) is 8.07 Å². The molecule has 2 heteroatoms. The van der Waals surface area contributed by atoms with Crippen LogP contribution in [0.5, 0.6) is 0 Å². The highest BCUT2D eigenvalue weighted by molar-refractivity contribution is 7.27. The lowest BCUT2D eigenvalue weighted by molar-refractivity contribution is 0.799. The first-order chi connectivity index (χ1) is 8.16. The zero-order chi connectivity index (χ0) is 12.3. The zero-order valence-corrected chi connectivity index (χ0v) is 12.9. The molecule has 0 aromatic carbocycles. The van der Waals surface area contributed by atoms with Crippen molar-refractivity contribution in [2.45, 2.75) is 45.7 Å². The van der Waals surface area contributed by atoms with Gasteiger partial charge in [-0.25, -0.2) is 0 Å². The highest BCUT2D eigenvalue weighted by Crippen LogP contribution is 2.25. The molecule has 92 valence electrons. The molecule has 0 saturated heterocycles. The van der Waals surface area contributed by atoms with Crippen LogP contribution in [0.2, 0.25) is 13.1 Å². The molecule has 0 fully saturated rings. The number of hydrogen-bond acceptors (Lipinski definition) is 1.